The summed E-state index contributed by atoms with van der Waals surface area (Å²) in [6, 6.07) is 2.90. The Labute approximate surface area is 128 Å². The molecule has 0 spiro atoms. The fraction of sp³-hybridized carbons (Fsp3) is 0.533. The molecule has 1 aromatic heterocycles. The molecule has 2 rings (SSSR count). The minimum atomic E-state index is -0.853. The second-order valence-corrected chi connectivity index (χ2v) is 6.10. The molecule has 0 aliphatic heterocycles. The summed E-state index contributed by atoms with van der Waals surface area (Å²) in [7, 11) is 0. The third-order valence-electron chi connectivity index (χ3n) is 3.82. The fourth-order valence-corrected chi connectivity index (χ4v) is 2.84. The summed E-state index contributed by atoms with van der Waals surface area (Å²) >= 11 is 5.95. The molecule has 2 unspecified atom stereocenters. The summed E-state index contributed by atoms with van der Waals surface area (Å²) < 4.78 is 0. The predicted octanol–water partition coefficient (Wildman–Crippen LogP) is 2.84. The third-order valence-corrected chi connectivity index (χ3v) is 4.01. The highest BCUT2D eigenvalue weighted by molar-refractivity contribution is 6.29. The molecule has 1 fully saturated rings. The number of aromatic nitrogens is 1. The van der Waals surface area contributed by atoms with Crippen molar-refractivity contribution in [1.82, 2.24) is 10.3 Å². The maximum Gasteiger partial charge on any atom is 0.308 e. The van der Waals surface area contributed by atoms with Crippen molar-refractivity contribution < 1.29 is 14.7 Å². The van der Waals surface area contributed by atoms with Gasteiger partial charge in [0.05, 0.1) is 5.92 Å². The van der Waals surface area contributed by atoms with Crippen LogP contribution < -0.4 is 5.32 Å². The molecular weight excluding hydrogens is 292 g/mol. The molecule has 2 N–H and O–H groups in total. The van der Waals surface area contributed by atoms with Crippen LogP contribution in [0.2, 0.25) is 5.15 Å². The number of carboxylic acids is 1. The van der Waals surface area contributed by atoms with Gasteiger partial charge in [0.2, 0.25) is 0 Å². The predicted molar refractivity (Wildman–Crippen MR) is 79.6 cm³/mol. The van der Waals surface area contributed by atoms with Gasteiger partial charge in [0.25, 0.3) is 5.91 Å². The Morgan fingerprint density at radius 1 is 1.38 bits per heavy atom. The van der Waals surface area contributed by atoms with E-state index in [9.17, 15) is 9.59 Å². The van der Waals surface area contributed by atoms with E-state index < -0.39 is 11.9 Å². The van der Waals surface area contributed by atoms with Gasteiger partial charge in [-0.3, -0.25) is 9.59 Å². The number of halogens is 1. The molecule has 5 nitrogen and oxygen atoms in total. The monoisotopic (exact) mass is 310 g/mol. The Balaban J connectivity index is 2.15. The maximum absolute atomic E-state index is 12.3. The standard InChI is InChI=1S/C15H19ClN2O3/c1-8(2)12-6-9(7-13(16)17-12)14(19)18-11-5-3-4-10(11)15(20)21/h6-8,10-11H,3-5H2,1-2H3,(H,18,19)(H,20,21). The highest BCUT2D eigenvalue weighted by Crippen LogP contribution is 2.26. The van der Waals surface area contributed by atoms with Crippen molar-refractivity contribution in [2.45, 2.75) is 45.1 Å². The largest absolute Gasteiger partial charge is 0.481 e. The van der Waals surface area contributed by atoms with E-state index >= 15 is 0 Å². The summed E-state index contributed by atoms with van der Waals surface area (Å²) in [6.45, 7) is 3.94. The Hall–Kier alpha value is -1.62. The van der Waals surface area contributed by atoms with Gasteiger partial charge in [-0.15, -0.1) is 0 Å². The zero-order valence-electron chi connectivity index (χ0n) is 12.1. The third kappa shape index (κ3) is 3.73. The van der Waals surface area contributed by atoms with E-state index in [1.165, 1.54) is 6.07 Å². The van der Waals surface area contributed by atoms with E-state index in [2.05, 4.69) is 10.3 Å². The lowest BCUT2D eigenvalue weighted by molar-refractivity contribution is -0.142. The lowest BCUT2D eigenvalue weighted by Gasteiger charge is -2.18. The van der Waals surface area contributed by atoms with Crippen molar-refractivity contribution >= 4 is 23.5 Å². The average Bonchev–Trinajstić information content (AvgIpc) is 2.86. The van der Waals surface area contributed by atoms with Crippen LogP contribution in [0.15, 0.2) is 12.1 Å². The molecule has 1 saturated carbocycles. The van der Waals surface area contributed by atoms with Gasteiger partial charge in [0.15, 0.2) is 0 Å². The van der Waals surface area contributed by atoms with Gasteiger partial charge in [-0.05, 0) is 30.9 Å². The molecule has 0 aromatic carbocycles. The van der Waals surface area contributed by atoms with Crippen LogP contribution >= 0.6 is 11.6 Å². The number of carbonyl (C=O) groups excluding carboxylic acids is 1. The molecule has 0 saturated heterocycles. The second kappa shape index (κ2) is 6.43. The number of carboxylic acid groups (broad SMARTS) is 1. The molecule has 1 aliphatic carbocycles. The molecule has 1 heterocycles. The summed E-state index contributed by atoms with van der Waals surface area (Å²) in [5.41, 5.74) is 1.17. The molecule has 114 valence electrons. The smallest absolute Gasteiger partial charge is 0.308 e. The first kappa shape index (κ1) is 15.8. The van der Waals surface area contributed by atoms with Gasteiger partial charge in [0, 0.05) is 17.3 Å². The number of hydrogen-bond donors (Lipinski definition) is 2. The molecule has 1 aromatic rings. The van der Waals surface area contributed by atoms with Crippen molar-refractivity contribution in [1.29, 1.82) is 0 Å². The number of rotatable bonds is 4. The number of pyridine rings is 1. The first-order valence-corrected chi connectivity index (χ1v) is 7.47. The molecule has 0 radical (unpaired) electrons. The molecule has 1 aliphatic rings. The van der Waals surface area contributed by atoms with Gasteiger partial charge in [-0.2, -0.15) is 0 Å². The number of nitrogens with one attached hydrogen (secondary N) is 1. The van der Waals surface area contributed by atoms with Crippen molar-refractivity contribution in [3.8, 4) is 0 Å². The molecule has 1 amide bonds. The van der Waals surface area contributed by atoms with Crippen LogP contribution in [0.4, 0.5) is 0 Å². The summed E-state index contributed by atoms with van der Waals surface area (Å²) in [6.07, 6.45) is 2.11. The van der Waals surface area contributed by atoms with Crippen molar-refractivity contribution in [3.05, 3.63) is 28.5 Å². The summed E-state index contributed by atoms with van der Waals surface area (Å²) in [5, 5.41) is 12.2. The Kier molecular flexibility index (Phi) is 4.83. The topological polar surface area (TPSA) is 79.3 Å². The lowest BCUT2D eigenvalue weighted by Crippen LogP contribution is -2.40. The zero-order chi connectivity index (χ0) is 15.6. The Morgan fingerprint density at radius 3 is 2.71 bits per heavy atom. The number of aliphatic carboxylic acids is 1. The van der Waals surface area contributed by atoms with Gasteiger partial charge in [-0.25, -0.2) is 4.98 Å². The molecular formula is C15H19ClN2O3. The van der Waals surface area contributed by atoms with Crippen LogP contribution in [-0.2, 0) is 4.79 Å². The summed E-state index contributed by atoms with van der Waals surface area (Å²) in [4.78, 5) is 27.6. The van der Waals surface area contributed by atoms with E-state index in [1.54, 1.807) is 6.07 Å². The molecule has 21 heavy (non-hydrogen) atoms. The van der Waals surface area contributed by atoms with Crippen LogP contribution in [0.5, 0.6) is 0 Å². The number of carbonyl (C=O) groups is 2. The van der Waals surface area contributed by atoms with Crippen LogP contribution in [-0.4, -0.2) is 28.0 Å². The van der Waals surface area contributed by atoms with E-state index in [-0.39, 0.29) is 23.0 Å². The van der Waals surface area contributed by atoms with Crippen LogP contribution in [0.1, 0.15) is 55.1 Å². The van der Waals surface area contributed by atoms with E-state index in [0.717, 1.165) is 12.1 Å². The minimum absolute atomic E-state index is 0.161. The van der Waals surface area contributed by atoms with E-state index in [0.29, 0.717) is 18.4 Å². The van der Waals surface area contributed by atoms with Gasteiger partial charge in [0.1, 0.15) is 5.15 Å². The van der Waals surface area contributed by atoms with Crippen LogP contribution in [0.25, 0.3) is 0 Å². The van der Waals surface area contributed by atoms with Crippen LogP contribution in [0.3, 0.4) is 0 Å². The number of amides is 1. The van der Waals surface area contributed by atoms with Crippen molar-refractivity contribution in [3.63, 3.8) is 0 Å². The maximum atomic E-state index is 12.3. The van der Waals surface area contributed by atoms with Gasteiger partial charge >= 0.3 is 5.97 Å². The number of nitrogens with zero attached hydrogens (tertiary/aromatic N) is 1. The molecule has 6 heteroatoms. The Morgan fingerprint density at radius 2 is 2.10 bits per heavy atom. The highest BCUT2D eigenvalue weighted by atomic mass is 35.5. The Bertz CT molecular complexity index is 560. The highest BCUT2D eigenvalue weighted by Gasteiger charge is 2.34. The SMILES string of the molecule is CC(C)c1cc(C(=O)NC2CCCC2C(=O)O)cc(Cl)n1. The quantitative estimate of drug-likeness (QED) is 0.838. The zero-order valence-corrected chi connectivity index (χ0v) is 12.9. The normalized spacial score (nSPS) is 21.5. The van der Waals surface area contributed by atoms with Crippen molar-refractivity contribution in [2.75, 3.05) is 0 Å². The second-order valence-electron chi connectivity index (χ2n) is 5.71. The van der Waals surface area contributed by atoms with Crippen molar-refractivity contribution in [2.24, 2.45) is 5.92 Å². The first-order valence-electron chi connectivity index (χ1n) is 7.09. The average molecular weight is 311 g/mol. The van der Waals surface area contributed by atoms with Gasteiger partial charge < -0.3 is 10.4 Å². The van der Waals surface area contributed by atoms with Gasteiger partial charge in [-0.1, -0.05) is 31.9 Å². The fourth-order valence-electron chi connectivity index (χ4n) is 2.62. The first-order chi connectivity index (χ1) is 9.88. The van der Waals surface area contributed by atoms with E-state index in [1.807, 2.05) is 13.8 Å². The van der Waals surface area contributed by atoms with Crippen LogP contribution in [0, 0.1) is 5.92 Å². The minimum Gasteiger partial charge on any atom is -0.481 e. The summed E-state index contributed by atoms with van der Waals surface area (Å²) in [5.74, 6) is -1.49. The molecule has 2 atom stereocenters. The lowest BCUT2D eigenvalue weighted by atomic mass is 10.0. The number of hydrogen-bond acceptors (Lipinski definition) is 3. The van der Waals surface area contributed by atoms with E-state index in [4.69, 9.17) is 16.7 Å². The molecule has 0 bridgehead atoms.